The van der Waals surface area contributed by atoms with Crippen LogP contribution in [0.3, 0.4) is 0 Å². The lowest BCUT2D eigenvalue weighted by Crippen LogP contribution is -2.17. The van der Waals surface area contributed by atoms with Crippen molar-refractivity contribution in [3.05, 3.63) is 217 Å². The molecule has 310 valence electrons. The van der Waals surface area contributed by atoms with E-state index in [0.29, 0.717) is 5.84 Å². The minimum atomic E-state index is 0.0863. The Kier molecular flexibility index (Phi) is 7.96. The van der Waals surface area contributed by atoms with Crippen molar-refractivity contribution in [2.24, 2.45) is 15.9 Å². The number of aliphatic imine (C=N–C) groups is 2. The predicted octanol–water partition coefficient (Wildman–Crippen LogP) is 16.4. The Morgan fingerprint density at radius 2 is 1.03 bits per heavy atom. The van der Waals surface area contributed by atoms with Crippen molar-refractivity contribution in [1.82, 2.24) is 4.57 Å². The summed E-state index contributed by atoms with van der Waals surface area (Å²) in [4.78, 5) is 11.3. The van der Waals surface area contributed by atoms with E-state index in [1.165, 1.54) is 43.1 Å². The van der Waals surface area contributed by atoms with E-state index in [1.807, 2.05) is 18.2 Å². The van der Waals surface area contributed by atoms with Crippen LogP contribution in [-0.2, 0) is 0 Å². The topological polar surface area (TPSA) is 55.9 Å². The molecular weight excluding hydrogens is 807 g/mol. The Hall–Kier alpha value is -8.54. The molecule has 0 fully saturated rings. The van der Waals surface area contributed by atoms with Crippen LogP contribution < -0.4 is 0 Å². The van der Waals surface area contributed by atoms with Gasteiger partial charge in [0.25, 0.3) is 0 Å². The normalized spacial score (nSPS) is 17.2. The Bertz CT molecular complexity index is 4200. The maximum absolute atomic E-state index is 7.09. The summed E-state index contributed by atoms with van der Waals surface area (Å²) in [5.41, 5.74) is 11.4. The van der Waals surface area contributed by atoms with E-state index in [1.54, 1.807) is 0 Å². The number of benzene rings is 10. The quantitative estimate of drug-likeness (QED) is 0.177. The highest BCUT2D eigenvalue weighted by Gasteiger charge is 2.25. The van der Waals surface area contributed by atoms with Gasteiger partial charge in [-0.1, -0.05) is 134 Å². The smallest absolute Gasteiger partial charge is 0.160 e. The van der Waals surface area contributed by atoms with Crippen molar-refractivity contribution >= 4 is 115 Å². The fourth-order valence-electron chi connectivity index (χ4n) is 10.5. The van der Waals surface area contributed by atoms with Crippen LogP contribution in [0.15, 0.2) is 219 Å². The van der Waals surface area contributed by atoms with Gasteiger partial charge in [-0.25, -0.2) is 9.98 Å². The van der Waals surface area contributed by atoms with Crippen LogP contribution >= 0.6 is 0 Å². The zero-order chi connectivity index (χ0) is 43.5. The van der Waals surface area contributed by atoms with Crippen molar-refractivity contribution in [1.29, 1.82) is 0 Å². The van der Waals surface area contributed by atoms with Crippen LogP contribution in [0, 0.1) is 5.92 Å². The minimum Gasteiger partial charge on any atom is -0.456 e. The average molecular weight is 846 g/mol. The lowest BCUT2D eigenvalue weighted by atomic mass is 9.92. The number of amidine groups is 1. The average Bonchev–Trinajstić information content (AvgIpc) is 4.03. The van der Waals surface area contributed by atoms with Crippen molar-refractivity contribution in [3.8, 4) is 5.69 Å². The molecule has 1 aliphatic heterocycles. The number of hydrogen-bond acceptors (Lipinski definition) is 4. The second-order valence-corrected chi connectivity index (χ2v) is 17.7. The first-order valence-corrected chi connectivity index (χ1v) is 22.7. The van der Waals surface area contributed by atoms with Gasteiger partial charge in [-0.3, -0.25) is 0 Å². The molecule has 0 amide bonds. The molecule has 0 N–H and O–H groups in total. The van der Waals surface area contributed by atoms with Crippen molar-refractivity contribution in [3.63, 3.8) is 0 Å². The molecule has 5 heteroatoms. The van der Waals surface area contributed by atoms with E-state index >= 15 is 0 Å². The van der Waals surface area contributed by atoms with E-state index in [-0.39, 0.29) is 5.92 Å². The van der Waals surface area contributed by atoms with Crippen LogP contribution in [0.2, 0.25) is 0 Å². The van der Waals surface area contributed by atoms with Gasteiger partial charge in [0.15, 0.2) is 11.4 Å². The summed E-state index contributed by atoms with van der Waals surface area (Å²) < 4.78 is 15.8. The number of rotatable bonds is 4. The van der Waals surface area contributed by atoms with Gasteiger partial charge in [-0.05, 0) is 117 Å². The Morgan fingerprint density at radius 1 is 0.455 bits per heavy atom. The van der Waals surface area contributed by atoms with E-state index in [2.05, 4.69) is 193 Å². The second-order valence-electron chi connectivity index (χ2n) is 17.7. The van der Waals surface area contributed by atoms with Gasteiger partial charge >= 0.3 is 0 Å². The zero-order valence-corrected chi connectivity index (χ0v) is 36.0. The first-order chi connectivity index (χ1) is 32.6. The number of para-hydroxylation sites is 2. The van der Waals surface area contributed by atoms with Crippen LogP contribution in [0.1, 0.15) is 30.0 Å². The summed E-state index contributed by atoms with van der Waals surface area (Å²) in [5, 5.41) is 13.7. The van der Waals surface area contributed by atoms with Gasteiger partial charge in [0.2, 0.25) is 0 Å². The molecule has 13 aromatic rings. The molecule has 0 bridgehead atoms. The molecule has 10 aromatic carbocycles. The highest BCUT2D eigenvalue weighted by Crippen LogP contribution is 2.43. The summed E-state index contributed by atoms with van der Waals surface area (Å²) in [6.07, 6.45) is 3.05. The summed E-state index contributed by atoms with van der Waals surface area (Å²) in [6.45, 7) is 2.28. The molecule has 1 atom stereocenters. The van der Waals surface area contributed by atoms with Crippen LogP contribution in [0.5, 0.6) is 0 Å². The Morgan fingerprint density at radius 3 is 1.74 bits per heavy atom. The molecule has 0 aliphatic carbocycles. The molecule has 5 nitrogen and oxygen atoms in total. The SMILES string of the molecule is CC1C/C=C(c2ccc3oc4ccccc4c3c2)/N=C(c2ccc(-n3c4cc5ccccc5cc4c4cc5ccccc5cc43)c3oc4ccccc4c23)\N=C/1c1ccc2ccccc2c1. The molecule has 0 saturated heterocycles. The number of furan rings is 2. The third-order valence-electron chi connectivity index (χ3n) is 13.8. The molecule has 1 unspecified atom stereocenters. The van der Waals surface area contributed by atoms with Crippen LogP contribution in [0.25, 0.3) is 109 Å². The summed E-state index contributed by atoms with van der Waals surface area (Å²) in [5.74, 6) is 0.721. The van der Waals surface area contributed by atoms with Gasteiger partial charge in [0.1, 0.15) is 16.7 Å². The molecule has 3 aromatic heterocycles. The van der Waals surface area contributed by atoms with E-state index < -0.39 is 0 Å². The summed E-state index contributed by atoms with van der Waals surface area (Å²) in [7, 11) is 0. The maximum Gasteiger partial charge on any atom is 0.160 e. The minimum absolute atomic E-state index is 0.0863. The lowest BCUT2D eigenvalue weighted by Gasteiger charge is -2.19. The molecule has 0 radical (unpaired) electrons. The fourth-order valence-corrected chi connectivity index (χ4v) is 10.5. The maximum atomic E-state index is 7.09. The van der Waals surface area contributed by atoms with E-state index in [0.717, 1.165) is 95.1 Å². The highest BCUT2D eigenvalue weighted by atomic mass is 16.3. The number of hydrogen-bond donors (Lipinski definition) is 0. The fraction of sp³-hybridized carbons (Fsp3) is 0.0492. The van der Waals surface area contributed by atoms with Crippen LogP contribution in [-0.4, -0.2) is 16.1 Å². The number of fused-ring (bicyclic) bond motifs is 12. The lowest BCUT2D eigenvalue weighted by molar-refractivity contribution is 0.666. The van der Waals surface area contributed by atoms with Gasteiger partial charge in [-0.15, -0.1) is 0 Å². The number of aromatic nitrogens is 1. The monoisotopic (exact) mass is 845 g/mol. The summed E-state index contributed by atoms with van der Waals surface area (Å²) >= 11 is 0. The molecule has 1 aliphatic rings. The first kappa shape index (κ1) is 36.9. The molecule has 14 rings (SSSR count). The van der Waals surface area contributed by atoms with Gasteiger partial charge in [0.05, 0.1) is 28.1 Å². The summed E-state index contributed by atoms with van der Waals surface area (Å²) in [6, 6.07) is 69.3. The Balaban J connectivity index is 1.05. The number of nitrogens with zero attached hydrogens (tertiary/aromatic N) is 3. The zero-order valence-electron chi connectivity index (χ0n) is 36.0. The molecule has 0 saturated carbocycles. The van der Waals surface area contributed by atoms with E-state index in [9.17, 15) is 0 Å². The standard InChI is InChI=1S/C61H39N3O2/c1-36-22-27-51(43-25-29-57-50(33-43)45-18-8-10-20-55(45)65-57)62-61(63-59(36)44-24-23-37-12-2-3-13-38(37)30-44)47-26-28-52(60-58(47)46-19-9-11-21-56(46)66-60)64-53-34-41-16-6-4-14-39(41)31-48(53)49-32-40-15-5-7-17-42(40)35-54(49)64/h2-21,23-36H,22H2,1H3/b51-27+,62-61-,63-59+. The largest absolute Gasteiger partial charge is 0.456 e. The van der Waals surface area contributed by atoms with Gasteiger partial charge in [0, 0.05) is 49.4 Å². The van der Waals surface area contributed by atoms with Crippen molar-refractivity contribution in [2.45, 2.75) is 13.3 Å². The molecular formula is C61H39N3O2. The second kappa shape index (κ2) is 14.2. The highest BCUT2D eigenvalue weighted by molar-refractivity contribution is 6.25. The molecule has 66 heavy (non-hydrogen) atoms. The predicted molar refractivity (Wildman–Crippen MR) is 276 cm³/mol. The van der Waals surface area contributed by atoms with E-state index in [4.69, 9.17) is 18.8 Å². The van der Waals surface area contributed by atoms with Crippen molar-refractivity contribution < 1.29 is 8.83 Å². The molecule has 4 heterocycles. The third-order valence-corrected chi connectivity index (χ3v) is 13.8. The first-order valence-electron chi connectivity index (χ1n) is 22.7. The Labute approximate surface area is 378 Å². The van der Waals surface area contributed by atoms with Gasteiger partial charge < -0.3 is 13.4 Å². The number of allylic oxidation sites excluding steroid dienone is 1. The molecule has 0 spiro atoms. The van der Waals surface area contributed by atoms with Crippen molar-refractivity contribution in [2.75, 3.05) is 0 Å². The van der Waals surface area contributed by atoms with Gasteiger partial charge in [-0.2, -0.15) is 0 Å². The third kappa shape index (κ3) is 5.66. The van der Waals surface area contributed by atoms with Crippen LogP contribution in [0.4, 0.5) is 0 Å².